The van der Waals surface area contributed by atoms with Crippen LogP contribution >= 0.6 is 0 Å². The summed E-state index contributed by atoms with van der Waals surface area (Å²) in [5, 5.41) is 7.80. The first-order valence-corrected chi connectivity index (χ1v) is 7.57. The smallest absolute Gasteiger partial charge is 0.143 e. The van der Waals surface area contributed by atoms with Gasteiger partial charge in [0, 0.05) is 26.2 Å². The molecule has 1 N–H and O–H groups in total. The zero-order valence-electron chi connectivity index (χ0n) is 12.7. The Morgan fingerprint density at radius 1 is 1.43 bits per heavy atom. The number of nitrogens with zero attached hydrogens (tertiary/aromatic N) is 4. The van der Waals surface area contributed by atoms with E-state index >= 15 is 0 Å². The molecule has 1 saturated heterocycles. The third-order valence-electron chi connectivity index (χ3n) is 4.17. The van der Waals surface area contributed by atoms with Gasteiger partial charge in [0.2, 0.25) is 0 Å². The van der Waals surface area contributed by atoms with E-state index in [4.69, 9.17) is 4.42 Å². The van der Waals surface area contributed by atoms with E-state index in [-0.39, 0.29) is 6.04 Å². The summed E-state index contributed by atoms with van der Waals surface area (Å²) in [6.07, 6.45) is 5.66. The standard InChI is InChI=1S/C15H23N5O/c1-12(15-16-11-17-19(15)2)18-13-5-7-20(8-6-13)10-14-4-3-9-21-14/h3-4,9,11-13,18H,5-8,10H2,1-2H3. The zero-order valence-corrected chi connectivity index (χ0v) is 12.7. The van der Waals surface area contributed by atoms with Gasteiger partial charge in [0.25, 0.3) is 0 Å². The number of rotatable bonds is 5. The van der Waals surface area contributed by atoms with Crippen LogP contribution in [0.3, 0.4) is 0 Å². The lowest BCUT2D eigenvalue weighted by Gasteiger charge is -2.33. The van der Waals surface area contributed by atoms with Crippen molar-refractivity contribution < 1.29 is 4.42 Å². The van der Waals surface area contributed by atoms with Gasteiger partial charge in [-0.15, -0.1) is 0 Å². The van der Waals surface area contributed by atoms with Crippen molar-refractivity contribution in [2.75, 3.05) is 13.1 Å². The van der Waals surface area contributed by atoms with Gasteiger partial charge in [0.05, 0.1) is 18.8 Å². The van der Waals surface area contributed by atoms with Crippen molar-refractivity contribution in [1.29, 1.82) is 0 Å². The highest BCUT2D eigenvalue weighted by Crippen LogP contribution is 2.17. The molecule has 21 heavy (non-hydrogen) atoms. The first-order chi connectivity index (χ1) is 10.2. The fraction of sp³-hybridized carbons (Fsp3) is 0.600. The van der Waals surface area contributed by atoms with E-state index in [9.17, 15) is 0 Å². The van der Waals surface area contributed by atoms with Crippen LogP contribution in [-0.2, 0) is 13.6 Å². The molecule has 6 nitrogen and oxygen atoms in total. The van der Waals surface area contributed by atoms with Gasteiger partial charge in [0.1, 0.15) is 17.9 Å². The highest BCUT2D eigenvalue weighted by Gasteiger charge is 2.22. The first kappa shape index (κ1) is 14.3. The van der Waals surface area contributed by atoms with Gasteiger partial charge in [-0.1, -0.05) is 0 Å². The van der Waals surface area contributed by atoms with E-state index in [0.717, 1.165) is 44.1 Å². The molecule has 0 aromatic carbocycles. The van der Waals surface area contributed by atoms with Crippen LogP contribution in [0, 0.1) is 0 Å². The number of piperidine rings is 1. The molecule has 3 heterocycles. The van der Waals surface area contributed by atoms with Crippen LogP contribution < -0.4 is 5.32 Å². The average Bonchev–Trinajstić information content (AvgIpc) is 3.12. The minimum Gasteiger partial charge on any atom is -0.468 e. The van der Waals surface area contributed by atoms with Gasteiger partial charge in [-0.25, -0.2) is 4.98 Å². The molecule has 0 amide bonds. The summed E-state index contributed by atoms with van der Waals surface area (Å²) in [6.45, 7) is 5.27. The third kappa shape index (κ3) is 3.51. The Morgan fingerprint density at radius 3 is 2.86 bits per heavy atom. The molecule has 1 aliphatic rings. The van der Waals surface area contributed by atoms with Gasteiger partial charge in [-0.2, -0.15) is 5.10 Å². The number of furan rings is 1. The highest BCUT2D eigenvalue weighted by atomic mass is 16.3. The fourth-order valence-electron chi connectivity index (χ4n) is 3.01. The van der Waals surface area contributed by atoms with Gasteiger partial charge in [-0.05, 0) is 31.9 Å². The molecule has 0 radical (unpaired) electrons. The summed E-state index contributed by atoms with van der Waals surface area (Å²) >= 11 is 0. The van der Waals surface area contributed by atoms with Crippen LogP contribution in [0.4, 0.5) is 0 Å². The minimum atomic E-state index is 0.235. The number of nitrogens with one attached hydrogen (secondary N) is 1. The molecular formula is C15H23N5O. The van der Waals surface area contributed by atoms with Crippen LogP contribution in [0.2, 0.25) is 0 Å². The second kappa shape index (κ2) is 6.41. The number of aryl methyl sites for hydroxylation is 1. The van der Waals surface area contributed by atoms with E-state index in [2.05, 4.69) is 27.2 Å². The Labute approximate surface area is 125 Å². The Kier molecular flexibility index (Phi) is 4.36. The van der Waals surface area contributed by atoms with Crippen LogP contribution in [0.15, 0.2) is 29.1 Å². The fourth-order valence-corrected chi connectivity index (χ4v) is 3.01. The number of aromatic nitrogens is 3. The van der Waals surface area contributed by atoms with Crippen molar-refractivity contribution in [2.24, 2.45) is 7.05 Å². The maximum Gasteiger partial charge on any atom is 0.143 e. The summed E-state index contributed by atoms with van der Waals surface area (Å²) in [7, 11) is 1.94. The van der Waals surface area contributed by atoms with Crippen LogP contribution in [0.5, 0.6) is 0 Å². The van der Waals surface area contributed by atoms with Gasteiger partial charge in [0.15, 0.2) is 0 Å². The lowest BCUT2D eigenvalue weighted by Crippen LogP contribution is -2.43. The molecule has 1 aliphatic heterocycles. The zero-order chi connectivity index (χ0) is 14.7. The molecule has 114 valence electrons. The molecule has 1 fully saturated rings. The molecule has 6 heteroatoms. The number of hydrogen-bond acceptors (Lipinski definition) is 5. The normalized spacial score (nSPS) is 19.0. The van der Waals surface area contributed by atoms with Gasteiger partial charge < -0.3 is 9.73 Å². The van der Waals surface area contributed by atoms with Crippen molar-refractivity contribution in [3.05, 3.63) is 36.3 Å². The van der Waals surface area contributed by atoms with Crippen molar-refractivity contribution in [3.63, 3.8) is 0 Å². The SMILES string of the molecule is CC(NC1CCN(Cc2ccco2)CC1)c1ncnn1C. The van der Waals surface area contributed by atoms with Crippen molar-refractivity contribution >= 4 is 0 Å². The second-order valence-electron chi connectivity index (χ2n) is 5.76. The molecule has 0 bridgehead atoms. The number of likely N-dealkylation sites (tertiary alicyclic amines) is 1. The minimum absolute atomic E-state index is 0.235. The predicted octanol–water partition coefficient (Wildman–Crippen LogP) is 1.72. The van der Waals surface area contributed by atoms with Crippen LogP contribution in [0.1, 0.15) is 37.4 Å². The van der Waals surface area contributed by atoms with Gasteiger partial charge in [-0.3, -0.25) is 9.58 Å². The molecular weight excluding hydrogens is 266 g/mol. The average molecular weight is 289 g/mol. The monoisotopic (exact) mass is 289 g/mol. The molecule has 2 aromatic rings. The van der Waals surface area contributed by atoms with E-state index in [1.165, 1.54) is 0 Å². The predicted molar refractivity (Wildman–Crippen MR) is 79.6 cm³/mol. The lowest BCUT2D eigenvalue weighted by atomic mass is 10.0. The van der Waals surface area contributed by atoms with Crippen LogP contribution in [-0.4, -0.2) is 38.8 Å². The Morgan fingerprint density at radius 2 is 2.24 bits per heavy atom. The summed E-state index contributed by atoms with van der Waals surface area (Å²) in [6, 6.07) is 4.77. The van der Waals surface area contributed by atoms with E-state index < -0.39 is 0 Å². The lowest BCUT2D eigenvalue weighted by molar-refractivity contribution is 0.173. The molecule has 2 aromatic heterocycles. The second-order valence-corrected chi connectivity index (χ2v) is 5.76. The number of hydrogen-bond donors (Lipinski definition) is 1. The van der Waals surface area contributed by atoms with Crippen molar-refractivity contribution in [2.45, 2.75) is 38.4 Å². The molecule has 1 unspecified atom stereocenters. The first-order valence-electron chi connectivity index (χ1n) is 7.57. The van der Waals surface area contributed by atoms with Crippen molar-refractivity contribution in [3.8, 4) is 0 Å². The topological polar surface area (TPSA) is 59.1 Å². The largest absolute Gasteiger partial charge is 0.468 e. The Balaban J connectivity index is 1.46. The summed E-state index contributed by atoms with van der Waals surface area (Å²) in [4.78, 5) is 6.76. The quantitative estimate of drug-likeness (QED) is 0.908. The summed E-state index contributed by atoms with van der Waals surface area (Å²) < 4.78 is 7.25. The van der Waals surface area contributed by atoms with E-state index in [1.54, 1.807) is 12.6 Å². The molecule has 0 aliphatic carbocycles. The molecule has 1 atom stereocenters. The van der Waals surface area contributed by atoms with E-state index in [1.807, 2.05) is 23.9 Å². The van der Waals surface area contributed by atoms with Crippen LogP contribution in [0.25, 0.3) is 0 Å². The Bertz CT molecular complexity index is 542. The van der Waals surface area contributed by atoms with Gasteiger partial charge >= 0.3 is 0 Å². The maximum absolute atomic E-state index is 5.41. The van der Waals surface area contributed by atoms with E-state index in [0.29, 0.717) is 6.04 Å². The highest BCUT2D eigenvalue weighted by molar-refractivity contribution is 4.99. The third-order valence-corrected chi connectivity index (χ3v) is 4.17. The summed E-state index contributed by atoms with van der Waals surface area (Å²) in [5.74, 6) is 2.04. The molecule has 0 saturated carbocycles. The summed E-state index contributed by atoms with van der Waals surface area (Å²) in [5.41, 5.74) is 0. The molecule has 0 spiro atoms. The van der Waals surface area contributed by atoms with Crippen molar-refractivity contribution in [1.82, 2.24) is 25.0 Å². The maximum atomic E-state index is 5.41. The molecule has 3 rings (SSSR count). The Hall–Kier alpha value is -1.66.